The van der Waals surface area contributed by atoms with Gasteiger partial charge in [0.25, 0.3) is 0 Å². The quantitative estimate of drug-likeness (QED) is 0.810. The Morgan fingerprint density at radius 2 is 1.64 bits per heavy atom. The predicted octanol–water partition coefficient (Wildman–Crippen LogP) is 2.37. The Bertz CT molecular complexity index is 864. The molecule has 0 atom stereocenters. The summed E-state index contributed by atoms with van der Waals surface area (Å²) in [4.78, 5) is 11.7. The molecule has 0 amide bonds. The standard InChI is InChI=1S/C17H19NO6S/c1-23-15-9-13(17(19)20)14(10-16(15)24-2)18(25(3,21)22)11-12-7-5-4-6-8-12/h4-10H,11H2,1-3H3,(H,19,20). The number of sulfonamides is 1. The van der Waals surface area contributed by atoms with Gasteiger partial charge in [-0.15, -0.1) is 0 Å². The normalized spacial score (nSPS) is 11.0. The molecular weight excluding hydrogens is 346 g/mol. The number of hydrogen-bond donors (Lipinski definition) is 1. The zero-order valence-electron chi connectivity index (χ0n) is 14.1. The molecule has 0 saturated carbocycles. The van der Waals surface area contributed by atoms with Crippen molar-refractivity contribution in [1.82, 2.24) is 0 Å². The van der Waals surface area contributed by atoms with Crippen LogP contribution in [-0.2, 0) is 16.6 Å². The zero-order chi connectivity index (χ0) is 18.6. The van der Waals surface area contributed by atoms with Gasteiger partial charge in [-0.05, 0) is 5.56 Å². The number of carbonyl (C=O) groups is 1. The molecule has 0 aliphatic rings. The topological polar surface area (TPSA) is 93.1 Å². The van der Waals surface area contributed by atoms with Crippen LogP contribution in [0.3, 0.4) is 0 Å². The molecule has 0 fully saturated rings. The van der Waals surface area contributed by atoms with Crippen LogP contribution in [0.1, 0.15) is 15.9 Å². The summed E-state index contributed by atoms with van der Waals surface area (Å²) in [5.41, 5.74) is 0.537. The van der Waals surface area contributed by atoms with Gasteiger partial charge < -0.3 is 14.6 Å². The number of carboxylic acids is 1. The molecule has 0 aromatic heterocycles. The van der Waals surface area contributed by atoms with Crippen LogP contribution >= 0.6 is 0 Å². The van der Waals surface area contributed by atoms with Crippen LogP contribution in [0.4, 0.5) is 5.69 Å². The fourth-order valence-corrected chi connectivity index (χ4v) is 3.27. The van der Waals surface area contributed by atoms with Crippen molar-refractivity contribution in [1.29, 1.82) is 0 Å². The van der Waals surface area contributed by atoms with Gasteiger partial charge in [0.05, 0.1) is 38.3 Å². The van der Waals surface area contributed by atoms with Crippen molar-refractivity contribution in [3.05, 3.63) is 53.6 Å². The molecule has 2 aromatic carbocycles. The number of methoxy groups -OCH3 is 2. The van der Waals surface area contributed by atoms with Gasteiger partial charge in [-0.1, -0.05) is 30.3 Å². The summed E-state index contributed by atoms with van der Waals surface area (Å²) < 4.78 is 36.0. The van der Waals surface area contributed by atoms with Crippen LogP contribution in [0, 0.1) is 0 Å². The van der Waals surface area contributed by atoms with E-state index in [4.69, 9.17) is 9.47 Å². The van der Waals surface area contributed by atoms with Gasteiger partial charge >= 0.3 is 5.97 Å². The number of rotatable bonds is 7. The Morgan fingerprint density at radius 3 is 2.12 bits per heavy atom. The number of nitrogens with zero attached hydrogens (tertiary/aromatic N) is 1. The summed E-state index contributed by atoms with van der Waals surface area (Å²) in [5, 5.41) is 9.51. The molecule has 0 bridgehead atoms. The molecule has 0 saturated heterocycles. The SMILES string of the molecule is COc1cc(C(=O)O)c(N(Cc2ccccc2)S(C)(=O)=O)cc1OC. The minimum absolute atomic E-state index is 0.00453. The van der Waals surface area contributed by atoms with Crippen LogP contribution in [0.25, 0.3) is 0 Å². The van der Waals surface area contributed by atoms with Crippen molar-refractivity contribution in [2.45, 2.75) is 6.54 Å². The maximum Gasteiger partial charge on any atom is 0.337 e. The van der Waals surface area contributed by atoms with Crippen LogP contribution in [0.5, 0.6) is 11.5 Å². The Labute approximate surface area is 146 Å². The van der Waals surface area contributed by atoms with Gasteiger partial charge in [-0.2, -0.15) is 0 Å². The van der Waals surface area contributed by atoms with E-state index in [1.165, 1.54) is 26.4 Å². The first-order valence-corrected chi connectivity index (χ1v) is 9.13. The molecule has 1 N–H and O–H groups in total. The first kappa shape index (κ1) is 18.6. The molecule has 0 radical (unpaired) electrons. The highest BCUT2D eigenvalue weighted by Gasteiger charge is 2.26. The largest absolute Gasteiger partial charge is 0.493 e. The monoisotopic (exact) mass is 365 g/mol. The van der Waals surface area contributed by atoms with E-state index < -0.39 is 16.0 Å². The third-order valence-electron chi connectivity index (χ3n) is 3.57. The molecule has 0 aliphatic carbocycles. The van der Waals surface area contributed by atoms with Crippen LogP contribution in [0.15, 0.2) is 42.5 Å². The number of hydrogen-bond acceptors (Lipinski definition) is 5. The number of anilines is 1. The molecule has 7 nitrogen and oxygen atoms in total. The Hall–Kier alpha value is -2.74. The van der Waals surface area contributed by atoms with Crippen LogP contribution in [-0.4, -0.2) is 40.0 Å². The lowest BCUT2D eigenvalue weighted by Gasteiger charge is -2.25. The highest BCUT2D eigenvalue weighted by atomic mass is 32.2. The molecular formula is C17H19NO6S. The van der Waals surface area contributed by atoms with E-state index >= 15 is 0 Å². The number of aromatic carboxylic acids is 1. The Balaban J connectivity index is 2.65. The lowest BCUT2D eigenvalue weighted by Crippen LogP contribution is -2.30. The molecule has 25 heavy (non-hydrogen) atoms. The minimum atomic E-state index is -3.74. The van der Waals surface area contributed by atoms with E-state index in [9.17, 15) is 18.3 Å². The molecule has 134 valence electrons. The van der Waals surface area contributed by atoms with Crippen molar-refractivity contribution >= 4 is 21.7 Å². The summed E-state index contributed by atoms with van der Waals surface area (Å²) in [6, 6.07) is 11.5. The van der Waals surface area contributed by atoms with Gasteiger partial charge in [0.2, 0.25) is 10.0 Å². The smallest absolute Gasteiger partial charge is 0.337 e. The lowest BCUT2D eigenvalue weighted by atomic mass is 10.1. The predicted molar refractivity (Wildman–Crippen MR) is 94.0 cm³/mol. The van der Waals surface area contributed by atoms with Crippen molar-refractivity contribution in [2.75, 3.05) is 24.8 Å². The molecule has 0 spiro atoms. The maximum atomic E-state index is 12.3. The van der Waals surface area contributed by atoms with Crippen LogP contribution < -0.4 is 13.8 Å². The Morgan fingerprint density at radius 1 is 1.08 bits per heavy atom. The summed E-state index contributed by atoms with van der Waals surface area (Å²) in [5.74, 6) is -0.821. The molecule has 0 aliphatic heterocycles. The van der Waals surface area contributed by atoms with Gasteiger partial charge in [0, 0.05) is 12.1 Å². The van der Waals surface area contributed by atoms with Crippen molar-refractivity contribution < 1.29 is 27.8 Å². The van der Waals surface area contributed by atoms with E-state index in [1.807, 2.05) is 6.07 Å². The lowest BCUT2D eigenvalue weighted by molar-refractivity contribution is 0.0697. The molecule has 2 rings (SSSR count). The summed E-state index contributed by atoms with van der Waals surface area (Å²) in [6.07, 6.45) is 1.03. The van der Waals surface area contributed by atoms with Crippen molar-refractivity contribution in [3.8, 4) is 11.5 Å². The summed E-state index contributed by atoms with van der Waals surface area (Å²) in [6.45, 7) is -0.00453. The van der Waals surface area contributed by atoms with Crippen molar-refractivity contribution in [2.24, 2.45) is 0 Å². The fourth-order valence-electron chi connectivity index (χ4n) is 2.38. The summed E-state index contributed by atoms with van der Waals surface area (Å²) >= 11 is 0. The van der Waals surface area contributed by atoms with Crippen molar-refractivity contribution in [3.63, 3.8) is 0 Å². The number of ether oxygens (including phenoxy) is 2. The van der Waals surface area contributed by atoms with Gasteiger partial charge in [-0.25, -0.2) is 13.2 Å². The molecule has 0 heterocycles. The minimum Gasteiger partial charge on any atom is -0.493 e. The molecule has 8 heteroatoms. The average molecular weight is 365 g/mol. The van der Waals surface area contributed by atoms with Gasteiger partial charge in [0.15, 0.2) is 11.5 Å². The average Bonchev–Trinajstić information content (AvgIpc) is 2.58. The van der Waals surface area contributed by atoms with E-state index in [1.54, 1.807) is 24.3 Å². The zero-order valence-corrected chi connectivity index (χ0v) is 14.9. The first-order chi connectivity index (χ1) is 11.8. The number of benzene rings is 2. The highest BCUT2D eigenvalue weighted by molar-refractivity contribution is 7.92. The van der Waals surface area contributed by atoms with E-state index in [0.29, 0.717) is 0 Å². The highest BCUT2D eigenvalue weighted by Crippen LogP contribution is 2.36. The van der Waals surface area contributed by atoms with E-state index in [2.05, 4.69) is 0 Å². The van der Waals surface area contributed by atoms with E-state index in [0.717, 1.165) is 16.1 Å². The van der Waals surface area contributed by atoms with Gasteiger partial charge in [0.1, 0.15) is 0 Å². The molecule has 2 aromatic rings. The third kappa shape index (κ3) is 4.21. The maximum absolute atomic E-state index is 12.3. The van der Waals surface area contributed by atoms with E-state index in [-0.39, 0.29) is 29.3 Å². The van der Waals surface area contributed by atoms with Gasteiger partial charge in [-0.3, -0.25) is 4.31 Å². The van der Waals surface area contributed by atoms with Crippen LogP contribution in [0.2, 0.25) is 0 Å². The molecule has 0 unspecified atom stereocenters. The number of carboxylic acid groups (broad SMARTS) is 1. The fraction of sp³-hybridized carbons (Fsp3) is 0.235. The summed E-state index contributed by atoms with van der Waals surface area (Å²) in [7, 11) is -0.974. The Kier molecular flexibility index (Phi) is 5.53. The second-order valence-corrected chi connectivity index (χ2v) is 7.19. The second-order valence-electron chi connectivity index (χ2n) is 5.28. The first-order valence-electron chi connectivity index (χ1n) is 7.29. The third-order valence-corrected chi connectivity index (χ3v) is 4.70. The second kappa shape index (κ2) is 7.43.